The van der Waals surface area contributed by atoms with E-state index >= 15 is 0 Å². The largest absolute Gasteiger partial charge is 0.390 e. The van der Waals surface area contributed by atoms with Crippen LogP contribution in [0.4, 0.5) is 0 Å². The zero-order chi connectivity index (χ0) is 23.1. The van der Waals surface area contributed by atoms with E-state index in [-0.39, 0.29) is 0 Å². The minimum absolute atomic E-state index is 0.292. The number of carbonyl (C=O) groups is 1. The molecule has 4 rings (SSSR count). The summed E-state index contributed by atoms with van der Waals surface area (Å²) < 4.78 is 5.40. The van der Waals surface area contributed by atoms with E-state index in [1.54, 1.807) is 30.3 Å². The lowest BCUT2D eigenvalue weighted by Crippen LogP contribution is -2.30. The van der Waals surface area contributed by atoms with Gasteiger partial charge in [-0.25, -0.2) is 4.79 Å². The molecule has 0 aliphatic carbocycles. The predicted octanol–water partition coefficient (Wildman–Crippen LogP) is 4.18. The van der Waals surface area contributed by atoms with Crippen LogP contribution in [0.1, 0.15) is 11.8 Å². The molecule has 163 valence electrons. The van der Waals surface area contributed by atoms with Crippen LogP contribution >= 0.6 is 6.89 Å². The summed E-state index contributed by atoms with van der Waals surface area (Å²) in [4.78, 5) is 24.4. The van der Waals surface area contributed by atoms with Crippen molar-refractivity contribution in [3.8, 4) is 0 Å². The smallest absolute Gasteiger partial charge is 0.383 e. The average Bonchev–Trinajstić information content (AvgIpc) is 2.88. The van der Waals surface area contributed by atoms with Crippen molar-refractivity contribution in [2.75, 3.05) is 0 Å². The Morgan fingerprint density at radius 2 is 1.06 bits per heavy atom. The van der Waals surface area contributed by atoms with E-state index in [0.29, 0.717) is 5.56 Å². The van der Waals surface area contributed by atoms with E-state index in [4.69, 9.17) is 4.74 Å². The van der Waals surface area contributed by atoms with Gasteiger partial charge in [0.1, 0.15) is 0 Å². The summed E-state index contributed by atoms with van der Waals surface area (Å²) in [6.45, 7) is -2.73. The molecule has 4 aromatic carbocycles. The summed E-state index contributed by atoms with van der Waals surface area (Å²) in [5.41, 5.74) is 0.292. The van der Waals surface area contributed by atoms with Gasteiger partial charge in [0, 0.05) is 0 Å². The SMILES string of the molecule is O=C([C]=P(c1ccccc1)(c1ccccc1)c1ccccc1)OC(c1ccccc1)[N+](=O)[O-]. The van der Waals surface area contributed by atoms with E-state index in [1.165, 1.54) is 0 Å². The molecule has 0 heterocycles. The first-order valence-corrected chi connectivity index (χ1v) is 12.1. The normalized spacial score (nSPS) is 11.9. The van der Waals surface area contributed by atoms with Crippen molar-refractivity contribution in [2.24, 2.45) is 0 Å². The van der Waals surface area contributed by atoms with Crippen LogP contribution in [0.5, 0.6) is 0 Å². The number of hydrogen-bond donors (Lipinski definition) is 0. The monoisotopic (exact) mass is 454 g/mol. The van der Waals surface area contributed by atoms with Crippen LogP contribution in [0, 0.1) is 10.1 Å². The molecule has 0 saturated heterocycles. The minimum atomic E-state index is -2.73. The van der Waals surface area contributed by atoms with Gasteiger partial charge in [0.05, 0.1) is 16.3 Å². The Balaban J connectivity index is 1.91. The molecular formula is C27H21NO4P. The highest BCUT2D eigenvalue weighted by molar-refractivity contribution is 7.95. The summed E-state index contributed by atoms with van der Waals surface area (Å²) >= 11 is 0. The average molecular weight is 454 g/mol. The number of esters is 1. The van der Waals surface area contributed by atoms with Crippen LogP contribution < -0.4 is 15.9 Å². The molecule has 0 aliphatic rings. The quantitative estimate of drug-likeness (QED) is 0.138. The van der Waals surface area contributed by atoms with Crippen molar-refractivity contribution in [2.45, 2.75) is 6.23 Å². The second kappa shape index (κ2) is 10.1. The van der Waals surface area contributed by atoms with Gasteiger partial charge in [0.25, 0.3) is 0 Å². The number of nitro groups is 1. The number of benzene rings is 4. The van der Waals surface area contributed by atoms with E-state index in [1.807, 2.05) is 91.0 Å². The molecule has 5 nitrogen and oxygen atoms in total. The molecule has 33 heavy (non-hydrogen) atoms. The van der Waals surface area contributed by atoms with Crippen LogP contribution in [-0.4, -0.2) is 16.7 Å². The van der Waals surface area contributed by atoms with E-state index in [2.05, 4.69) is 5.80 Å². The number of ether oxygens (including phenoxy) is 1. The van der Waals surface area contributed by atoms with Gasteiger partial charge in [-0.15, -0.1) is 0 Å². The maximum Gasteiger partial charge on any atom is 0.383 e. The molecule has 0 amide bonds. The molecular weight excluding hydrogens is 433 g/mol. The third kappa shape index (κ3) is 4.79. The number of hydrogen-bond acceptors (Lipinski definition) is 4. The third-order valence-electron chi connectivity index (χ3n) is 5.18. The van der Waals surface area contributed by atoms with Crippen molar-refractivity contribution in [3.63, 3.8) is 0 Å². The first-order chi connectivity index (χ1) is 16.1. The highest BCUT2D eigenvalue weighted by Crippen LogP contribution is 2.43. The number of nitrogens with zero attached hydrogens (tertiary/aromatic N) is 1. The summed E-state index contributed by atoms with van der Waals surface area (Å²) in [6, 6.07) is 37.1. The van der Waals surface area contributed by atoms with Gasteiger partial charge in [-0.05, 0) is 34.9 Å². The van der Waals surface area contributed by atoms with Crippen LogP contribution in [0.25, 0.3) is 0 Å². The van der Waals surface area contributed by atoms with Crippen LogP contribution in [0.2, 0.25) is 0 Å². The maximum absolute atomic E-state index is 13.3. The van der Waals surface area contributed by atoms with Gasteiger partial charge in [0.15, 0.2) is 0 Å². The summed E-state index contributed by atoms with van der Waals surface area (Å²) in [6.07, 6.45) is -1.62. The fourth-order valence-electron chi connectivity index (χ4n) is 3.71. The Bertz CT molecular complexity index is 1170. The molecule has 1 atom stereocenters. The molecule has 0 fully saturated rings. The van der Waals surface area contributed by atoms with Crippen LogP contribution in [0.3, 0.4) is 0 Å². The molecule has 0 N–H and O–H groups in total. The van der Waals surface area contributed by atoms with E-state index in [9.17, 15) is 14.9 Å². The number of carbonyl (C=O) groups excluding carboxylic acids is 1. The summed E-state index contributed by atoms with van der Waals surface area (Å²) in [5, 5.41) is 14.4. The second-order valence-corrected chi connectivity index (χ2v) is 10.4. The molecule has 0 saturated carbocycles. The Labute approximate surface area is 192 Å². The molecule has 6 heteroatoms. The molecule has 0 bridgehead atoms. The Morgan fingerprint density at radius 1 is 0.697 bits per heavy atom. The fraction of sp³-hybridized carbons (Fsp3) is 0.0370. The van der Waals surface area contributed by atoms with E-state index in [0.717, 1.165) is 15.9 Å². The standard InChI is InChI=1S/C27H21NO4P/c29-26(32-27(28(30)31)22-13-5-1-6-14-22)21-33(23-15-7-2-8-16-23,24-17-9-3-10-18-24)25-19-11-4-12-20-25/h1-20,27H. The third-order valence-corrected chi connectivity index (χ3v) is 8.92. The predicted molar refractivity (Wildman–Crippen MR) is 132 cm³/mol. The second-order valence-electron chi connectivity index (χ2n) is 7.24. The van der Waals surface area contributed by atoms with Gasteiger partial charge in [-0.2, -0.15) is 0 Å². The lowest BCUT2D eigenvalue weighted by atomic mass is 10.2. The molecule has 0 aliphatic heterocycles. The molecule has 0 spiro atoms. The Morgan fingerprint density at radius 3 is 1.42 bits per heavy atom. The first-order valence-electron chi connectivity index (χ1n) is 10.3. The highest BCUT2D eigenvalue weighted by Gasteiger charge is 2.31. The van der Waals surface area contributed by atoms with Crippen molar-refractivity contribution >= 4 is 34.6 Å². The number of rotatable bonds is 7. The van der Waals surface area contributed by atoms with Gasteiger partial charge < -0.3 is 4.74 Å². The Hall–Kier alpha value is -3.95. The maximum atomic E-state index is 13.3. The van der Waals surface area contributed by atoms with Crippen molar-refractivity contribution < 1.29 is 14.5 Å². The summed E-state index contributed by atoms with van der Waals surface area (Å²) in [7, 11) is 0. The molecule has 0 aromatic heterocycles. The minimum Gasteiger partial charge on any atom is -0.390 e. The van der Waals surface area contributed by atoms with E-state index < -0.39 is 24.0 Å². The molecule has 1 radical (unpaired) electrons. The fourth-order valence-corrected chi connectivity index (χ4v) is 7.18. The van der Waals surface area contributed by atoms with Crippen molar-refractivity contribution in [1.29, 1.82) is 0 Å². The van der Waals surface area contributed by atoms with Crippen molar-refractivity contribution in [3.05, 3.63) is 137 Å². The van der Waals surface area contributed by atoms with Gasteiger partial charge in [-0.3, -0.25) is 10.1 Å². The molecule has 1 unspecified atom stereocenters. The zero-order valence-corrected chi connectivity index (χ0v) is 18.5. The Kier molecular flexibility index (Phi) is 6.82. The first kappa shape index (κ1) is 22.3. The topological polar surface area (TPSA) is 69.4 Å². The van der Waals surface area contributed by atoms with Crippen molar-refractivity contribution in [1.82, 2.24) is 0 Å². The van der Waals surface area contributed by atoms with Crippen LogP contribution in [0.15, 0.2) is 121 Å². The van der Waals surface area contributed by atoms with Gasteiger partial charge in [-0.1, -0.05) is 109 Å². The zero-order valence-electron chi connectivity index (χ0n) is 17.7. The lowest BCUT2D eigenvalue weighted by molar-refractivity contribution is -0.575. The van der Waals surface area contributed by atoms with Gasteiger partial charge >= 0.3 is 12.2 Å². The molecule has 4 aromatic rings. The lowest BCUT2D eigenvalue weighted by Gasteiger charge is -2.27. The summed E-state index contributed by atoms with van der Waals surface area (Å²) in [5.74, 6) is 2.22. The van der Waals surface area contributed by atoms with Gasteiger partial charge in [0.2, 0.25) is 0 Å². The van der Waals surface area contributed by atoms with Crippen LogP contribution in [-0.2, 0) is 9.53 Å². The highest BCUT2D eigenvalue weighted by atomic mass is 31.2.